The highest BCUT2D eigenvalue weighted by Gasteiger charge is 2.24. The molecule has 1 N–H and O–H groups in total. The molecule has 1 atom stereocenters. The molecule has 0 aromatic heterocycles. The fourth-order valence-electron chi connectivity index (χ4n) is 2.07. The van der Waals surface area contributed by atoms with Crippen molar-refractivity contribution in [2.45, 2.75) is 19.9 Å². The molecular formula is C12H15NO3. The molecule has 1 aliphatic heterocycles. The van der Waals surface area contributed by atoms with Crippen LogP contribution in [0.15, 0.2) is 12.1 Å². The third-order valence-electron chi connectivity index (χ3n) is 2.76. The van der Waals surface area contributed by atoms with Crippen molar-refractivity contribution < 1.29 is 14.3 Å². The number of methoxy groups -OCH3 is 1. The SMILES string of the molecule is COc1c(C)cc([C@H]2COC(=O)N2)cc1C. The van der Waals surface area contributed by atoms with E-state index in [1.165, 1.54) is 0 Å². The van der Waals surface area contributed by atoms with Crippen LogP contribution in [0.4, 0.5) is 4.79 Å². The van der Waals surface area contributed by atoms with E-state index in [4.69, 9.17) is 9.47 Å². The third kappa shape index (κ3) is 1.83. The van der Waals surface area contributed by atoms with Crippen LogP contribution in [0.3, 0.4) is 0 Å². The number of hydrogen-bond donors (Lipinski definition) is 1. The maximum atomic E-state index is 11.0. The lowest BCUT2D eigenvalue weighted by Crippen LogP contribution is -2.18. The van der Waals surface area contributed by atoms with Gasteiger partial charge in [0.15, 0.2) is 0 Å². The van der Waals surface area contributed by atoms with Crippen molar-refractivity contribution in [3.8, 4) is 5.75 Å². The highest BCUT2D eigenvalue weighted by Crippen LogP contribution is 2.28. The average molecular weight is 221 g/mol. The van der Waals surface area contributed by atoms with Crippen molar-refractivity contribution in [3.05, 3.63) is 28.8 Å². The van der Waals surface area contributed by atoms with Crippen molar-refractivity contribution in [1.82, 2.24) is 5.32 Å². The van der Waals surface area contributed by atoms with Gasteiger partial charge in [-0.1, -0.05) is 12.1 Å². The van der Waals surface area contributed by atoms with Gasteiger partial charge >= 0.3 is 6.09 Å². The molecule has 1 aromatic carbocycles. The summed E-state index contributed by atoms with van der Waals surface area (Å²) in [5, 5.41) is 2.76. The normalized spacial score (nSPS) is 19.2. The number of nitrogens with one attached hydrogen (secondary N) is 1. The Bertz CT molecular complexity index is 405. The number of rotatable bonds is 2. The molecule has 16 heavy (non-hydrogen) atoms. The molecule has 0 unspecified atom stereocenters. The highest BCUT2D eigenvalue weighted by atomic mass is 16.6. The van der Waals surface area contributed by atoms with Crippen molar-refractivity contribution in [2.75, 3.05) is 13.7 Å². The largest absolute Gasteiger partial charge is 0.496 e. The summed E-state index contributed by atoms with van der Waals surface area (Å²) in [6, 6.07) is 3.99. The van der Waals surface area contributed by atoms with Gasteiger partial charge in [-0.15, -0.1) is 0 Å². The maximum absolute atomic E-state index is 11.0. The van der Waals surface area contributed by atoms with Crippen LogP contribution in [-0.4, -0.2) is 19.8 Å². The van der Waals surface area contributed by atoms with Crippen molar-refractivity contribution in [2.24, 2.45) is 0 Å². The first-order chi connectivity index (χ1) is 7.61. The zero-order chi connectivity index (χ0) is 11.7. The lowest BCUT2D eigenvalue weighted by Gasteiger charge is -2.14. The highest BCUT2D eigenvalue weighted by molar-refractivity contribution is 5.70. The summed E-state index contributed by atoms with van der Waals surface area (Å²) in [5.74, 6) is 0.897. The summed E-state index contributed by atoms with van der Waals surface area (Å²) in [6.07, 6.45) is -0.351. The fraction of sp³-hybridized carbons (Fsp3) is 0.417. The van der Waals surface area contributed by atoms with E-state index in [9.17, 15) is 4.79 Å². The van der Waals surface area contributed by atoms with Crippen LogP contribution in [0, 0.1) is 13.8 Å². The zero-order valence-corrected chi connectivity index (χ0v) is 9.66. The van der Waals surface area contributed by atoms with E-state index >= 15 is 0 Å². The van der Waals surface area contributed by atoms with Gasteiger partial charge in [-0.05, 0) is 30.5 Å². The van der Waals surface area contributed by atoms with E-state index in [1.54, 1.807) is 7.11 Å². The molecule has 4 heteroatoms. The summed E-state index contributed by atoms with van der Waals surface area (Å²) < 4.78 is 10.2. The molecule has 0 radical (unpaired) electrons. The number of amides is 1. The van der Waals surface area contributed by atoms with Gasteiger partial charge in [-0.3, -0.25) is 0 Å². The second-order valence-corrected chi connectivity index (χ2v) is 3.98. The molecule has 1 aromatic rings. The minimum absolute atomic E-state index is 0.0455. The fourth-order valence-corrected chi connectivity index (χ4v) is 2.07. The van der Waals surface area contributed by atoms with Crippen LogP contribution < -0.4 is 10.1 Å². The summed E-state index contributed by atoms with van der Waals surface area (Å²) in [5.41, 5.74) is 3.19. The van der Waals surface area contributed by atoms with Crippen LogP contribution in [0.2, 0.25) is 0 Å². The molecule has 0 saturated carbocycles. The number of cyclic esters (lactones) is 1. The van der Waals surface area contributed by atoms with Crippen molar-refractivity contribution in [3.63, 3.8) is 0 Å². The molecule has 1 aliphatic rings. The number of aryl methyl sites for hydroxylation is 2. The molecule has 1 saturated heterocycles. The smallest absolute Gasteiger partial charge is 0.407 e. The van der Waals surface area contributed by atoms with Crippen LogP contribution >= 0.6 is 0 Å². The van der Waals surface area contributed by atoms with Crippen LogP contribution in [0.25, 0.3) is 0 Å². The lowest BCUT2D eigenvalue weighted by atomic mass is 10.0. The first-order valence-corrected chi connectivity index (χ1v) is 5.20. The predicted octanol–water partition coefficient (Wildman–Crippen LogP) is 2.09. The van der Waals surface area contributed by atoms with Crippen LogP contribution in [0.5, 0.6) is 5.75 Å². The second kappa shape index (κ2) is 4.04. The van der Waals surface area contributed by atoms with Crippen LogP contribution in [0.1, 0.15) is 22.7 Å². The average Bonchev–Trinajstić information content (AvgIpc) is 2.64. The van der Waals surface area contributed by atoms with Gasteiger partial charge in [0.25, 0.3) is 0 Å². The van der Waals surface area contributed by atoms with Gasteiger partial charge in [0.05, 0.1) is 13.2 Å². The Kier molecular flexibility index (Phi) is 2.73. The van der Waals surface area contributed by atoms with Gasteiger partial charge in [0, 0.05) is 0 Å². The van der Waals surface area contributed by atoms with Gasteiger partial charge < -0.3 is 14.8 Å². The number of alkyl carbamates (subject to hydrolysis) is 1. The second-order valence-electron chi connectivity index (χ2n) is 3.98. The van der Waals surface area contributed by atoms with Gasteiger partial charge in [0.1, 0.15) is 12.4 Å². The van der Waals surface area contributed by atoms with Gasteiger partial charge in [-0.25, -0.2) is 4.79 Å². The first kappa shape index (κ1) is 10.8. The summed E-state index contributed by atoms with van der Waals surface area (Å²) in [7, 11) is 1.66. The minimum Gasteiger partial charge on any atom is -0.496 e. The third-order valence-corrected chi connectivity index (χ3v) is 2.76. The van der Waals surface area contributed by atoms with E-state index in [-0.39, 0.29) is 12.1 Å². The van der Waals surface area contributed by atoms with E-state index in [0.717, 1.165) is 22.4 Å². The molecule has 86 valence electrons. The molecule has 1 heterocycles. The Morgan fingerprint density at radius 1 is 1.38 bits per heavy atom. The molecule has 0 bridgehead atoms. The van der Waals surface area contributed by atoms with E-state index in [1.807, 2.05) is 26.0 Å². The summed E-state index contributed by atoms with van der Waals surface area (Å²) >= 11 is 0. The monoisotopic (exact) mass is 221 g/mol. The van der Waals surface area contributed by atoms with Gasteiger partial charge in [0.2, 0.25) is 0 Å². The Labute approximate surface area is 94.6 Å². The van der Waals surface area contributed by atoms with E-state index in [0.29, 0.717) is 6.61 Å². The molecular weight excluding hydrogens is 206 g/mol. The predicted molar refractivity (Wildman–Crippen MR) is 59.7 cm³/mol. The summed E-state index contributed by atoms with van der Waals surface area (Å²) in [6.45, 7) is 4.38. The maximum Gasteiger partial charge on any atom is 0.407 e. The molecule has 0 spiro atoms. The molecule has 1 fully saturated rings. The number of ether oxygens (including phenoxy) is 2. The Balaban J connectivity index is 2.33. The summed E-state index contributed by atoms with van der Waals surface area (Å²) in [4.78, 5) is 11.0. The quantitative estimate of drug-likeness (QED) is 0.831. The Morgan fingerprint density at radius 3 is 2.44 bits per heavy atom. The number of carbonyl (C=O) groups excluding carboxylic acids is 1. The van der Waals surface area contributed by atoms with Crippen molar-refractivity contribution in [1.29, 1.82) is 0 Å². The van der Waals surface area contributed by atoms with Gasteiger partial charge in [-0.2, -0.15) is 0 Å². The standard InChI is InChI=1S/C12H15NO3/c1-7-4-9(5-8(2)11(7)15-3)10-6-16-12(14)13-10/h4-5,10H,6H2,1-3H3,(H,13,14)/t10-/m1/s1. The number of benzene rings is 1. The molecule has 4 nitrogen and oxygen atoms in total. The Morgan fingerprint density at radius 2 is 2.00 bits per heavy atom. The number of carbonyl (C=O) groups is 1. The van der Waals surface area contributed by atoms with Crippen LogP contribution in [-0.2, 0) is 4.74 Å². The van der Waals surface area contributed by atoms with E-state index < -0.39 is 0 Å². The lowest BCUT2D eigenvalue weighted by molar-refractivity contribution is 0.177. The zero-order valence-electron chi connectivity index (χ0n) is 9.66. The van der Waals surface area contributed by atoms with Crippen molar-refractivity contribution >= 4 is 6.09 Å². The topological polar surface area (TPSA) is 47.6 Å². The molecule has 2 rings (SSSR count). The molecule has 0 aliphatic carbocycles. The minimum atomic E-state index is -0.351. The first-order valence-electron chi connectivity index (χ1n) is 5.20. The Hall–Kier alpha value is -1.71. The van der Waals surface area contributed by atoms with E-state index in [2.05, 4.69) is 5.32 Å². The number of hydrogen-bond acceptors (Lipinski definition) is 3. The molecule has 1 amide bonds.